The van der Waals surface area contributed by atoms with E-state index in [1.54, 1.807) is 0 Å². The first-order chi connectivity index (χ1) is 9.68. The molecule has 118 valence electrons. The maximum Gasteiger partial charge on any atom is 0.0730 e. The van der Waals surface area contributed by atoms with Gasteiger partial charge in [-0.2, -0.15) is 0 Å². The predicted octanol–water partition coefficient (Wildman–Crippen LogP) is 1.77. The summed E-state index contributed by atoms with van der Waals surface area (Å²) in [6.45, 7) is 8.64. The Bertz CT molecular complexity index is 288. The summed E-state index contributed by atoms with van der Waals surface area (Å²) in [5.41, 5.74) is -0.114. The molecule has 4 heteroatoms. The van der Waals surface area contributed by atoms with Gasteiger partial charge >= 0.3 is 0 Å². The van der Waals surface area contributed by atoms with Crippen molar-refractivity contribution < 1.29 is 9.84 Å². The highest BCUT2D eigenvalue weighted by Crippen LogP contribution is 2.30. The molecule has 1 heterocycles. The molecule has 0 radical (unpaired) electrons. The molecule has 3 atom stereocenters. The van der Waals surface area contributed by atoms with E-state index in [4.69, 9.17) is 4.74 Å². The Hall–Kier alpha value is -0.160. The van der Waals surface area contributed by atoms with Crippen LogP contribution in [0.1, 0.15) is 52.4 Å². The SMILES string of the molecule is CCCNC(C)(CO)CCCN1CCOC2CCCC21. The number of ether oxygens (including phenoxy) is 1. The smallest absolute Gasteiger partial charge is 0.0730 e. The van der Waals surface area contributed by atoms with E-state index in [1.165, 1.54) is 19.3 Å². The zero-order valence-corrected chi connectivity index (χ0v) is 13.2. The summed E-state index contributed by atoms with van der Waals surface area (Å²) < 4.78 is 5.86. The van der Waals surface area contributed by atoms with Crippen molar-refractivity contribution in [3.05, 3.63) is 0 Å². The summed E-state index contributed by atoms with van der Waals surface area (Å²) in [7, 11) is 0. The molecule has 2 N–H and O–H groups in total. The van der Waals surface area contributed by atoms with Crippen LogP contribution in [0.25, 0.3) is 0 Å². The predicted molar refractivity (Wildman–Crippen MR) is 82.0 cm³/mol. The van der Waals surface area contributed by atoms with Gasteiger partial charge in [0.05, 0.1) is 19.3 Å². The Morgan fingerprint density at radius 3 is 3.00 bits per heavy atom. The van der Waals surface area contributed by atoms with Gasteiger partial charge in [0, 0.05) is 18.1 Å². The molecule has 2 aliphatic rings. The molecule has 0 spiro atoms. The molecule has 3 unspecified atom stereocenters. The number of nitrogens with zero attached hydrogens (tertiary/aromatic N) is 1. The van der Waals surface area contributed by atoms with Crippen molar-refractivity contribution in [2.24, 2.45) is 0 Å². The Morgan fingerprint density at radius 1 is 1.40 bits per heavy atom. The van der Waals surface area contributed by atoms with Gasteiger partial charge in [-0.15, -0.1) is 0 Å². The molecule has 1 aliphatic carbocycles. The number of morpholine rings is 1. The van der Waals surface area contributed by atoms with Crippen molar-refractivity contribution in [2.45, 2.75) is 70.1 Å². The number of fused-ring (bicyclic) bond motifs is 1. The van der Waals surface area contributed by atoms with E-state index in [0.29, 0.717) is 12.1 Å². The van der Waals surface area contributed by atoms with Gasteiger partial charge in [-0.1, -0.05) is 6.92 Å². The lowest BCUT2D eigenvalue weighted by atomic mass is 9.96. The molecule has 0 aromatic heterocycles. The largest absolute Gasteiger partial charge is 0.394 e. The molecule has 0 bridgehead atoms. The highest BCUT2D eigenvalue weighted by Gasteiger charge is 2.35. The third kappa shape index (κ3) is 4.17. The van der Waals surface area contributed by atoms with Crippen LogP contribution in [0.2, 0.25) is 0 Å². The lowest BCUT2D eigenvalue weighted by molar-refractivity contribution is -0.0564. The van der Waals surface area contributed by atoms with Gasteiger partial charge in [0.1, 0.15) is 0 Å². The maximum atomic E-state index is 9.60. The van der Waals surface area contributed by atoms with Crippen molar-refractivity contribution in [3.8, 4) is 0 Å². The summed E-state index contributed by atoms with van der Waals surface area (Å²) in [4.78, 5) is 2.62. The zero-order chi connectivity index (χ0) is 14.4. The molecule has 2 rings (SSSR count). The van der Waals surface area contributed by atoms with Crippen LogP contribution in [0.5, 0.6) is 0 Å². The number of aliphatic hydroxyl groups excluding tert-OH is 1. The topological polar surface area (TPSA) is 44.7 Å². The molecule has 2 fully saturated rings. The summed E-state index contributed by atoms with van der Waals surface area (Å²) >= 11 is 0. The Kier molecular flexibility index (Phi) is 6.27. The fraction of sp³-hybridized carbons (Fsp3) is 1.00. The molecule has 1 aliphatic heterocycles. The fourth-order valence-electron chi connectivity index (χ4n) is 3.61. The van der Waals surface area contributed by atoms with E-state index >= 15 is 0 Å². The maximum absolute atomic E-state index is 9.60. The molecule has 1 saturated carbocycles. The first-order valence-electron chi connectivity index (χ1n) is 8.40. The zero-order valence-electron chi connectivity index (χ0n) is 13.2. The molecular formula is C16H32N2O2. The lowest BCUT2D eigenvalue weighted by Crippen LogP contribution is -2.50. The highest BCUT2D eigenvalue weighted by molar-refractivity contribution is 4.90. The summed E-state index contributed by atoms with van der Waals surface area (Å²) in [5, 5.41) is 13.1. The number of rotatable bonds is 8. The fourth-order valence-corrected chi connectivity index (χ4v) is 3.61. The molecule has 20 heavy (non-hydrogen) atoms. The second-order valence-corrected chi connectivity index (χ2v) is 6.69. The molecule has 0 amide bonds. The number of hydrogen-bond acceptors (Lipinski definition) is 4. The van der Waals surface area contributed by atoms with E-state index < -0.39 is 0 Å². The van der Waals surface area contributed by atoms with Crippen LogP contribution in [0.4, 0.5) is 0 Å². The van der Waals surface area contributed by atoms with E-state index in [-0.39, 0.29) is 12.1 Å². The van der Waals surface area contributed by atoms with Crippen LogP contribution >= 0.6 is 0 Å². The second kappa shape index (κ2) is 7.74. The van der Waals surface area contributed by atoms with Crippen LogP contribution in [-0.2, 0) is 4.74 Å². The van der Waals surface area contributed by atoms with Crippen molar-refractivity contribution >= 4 is 0 Å². The number of aliphatic hydroxyl groups is 1. The average Bonchev–Trinajstić information content (AvgIpc) is 2.94. The van der Waals surface area contributed by atoms with Crippen LogP contribution in [0.15, 0.2) is 0 Å². The summed E-state index contributed by atoms with van der Waals surface area (Å²) in [5.74, 6) is 0. The minimum Gasteiger partial charge on any atom is -0.394 e. The van der Waals surface area contributed by atoms with Crippen molar-refractivity contribution in [3.63, 3.8) is 0 Å². The van der Waals surface area contributed by atoms with Crippen molar-refractivity contribution in [1.29, 1.82) is 0 Å². The van der Waals surface area contributed by atoms with Crippen LogP contribution < -0.4 is 5.32 Å². The minimum atomic E-state index is -0.114. The second-order valence-electron chi connectivity index (χ2n) is 6.69. The van der Waals surface area contributed by atoms with Crippen LogP contribution in [-0.4, -0.2) is 60.5 Å². The first kappa shape index (κ1) is 16.2. The van der Waals surface area contributed by atoms with Crippen LogP contribution in [0.3, 0.4) is 0 Å². The van der Waals surface area contributed by atoms with Gasteiger partial charge in [0.15, 0.2) is 0 Å². The summed E-state index contributed by atoms with van der Waals surface area (Å²) in [6.07, 6.45) is 7.66. The van der Waals surface area contributed by atoms with Gasteiger partial charge in [-0.3, -0.25) is 4.90 Å². The van der Waals surface area contributed by atoms with E-state index in [9.17, 15) is 5.11 Å². The Balaban J connectivity index is 1.73. The minimum absolute atomic E-state index is 0.114. The molecule has 1 saturated heterocycles. The van der Waals surface area contributed by atoms with Gasteiger partial charge in [0.25, 0.3) is 0 Å². The third-order valence-electron chi connectivity index (χ3n) is 4.92. The highest BCUT2D eigenvalue weighted by atomic mass is 16.5. The standard InChI is InChI=1S/C16H32N2O2/c1-3-9-17-16(2,13-19)8-5-10-18-11-12-20-15-7-4-6-14(15)18/h14-15,17,19H,3-13H2,1-2H3. The quantitative estimate of drug-likeness (QED) is 0.713. The van der Waals surface area contributed by atoms with Gasteiger partial charge in [-0.25, -0.2) is 0 Å². The van der Waals surface area contributed by atoms with Gasteiger partial charge < -0.3 is 15.2 Å². The van der Waals surface area contributed by atoms with Crippen molar-refractivity contribution in [1.82, 2.24) is 10.2 Å². The first-order valence-corrected chi connectivity index (χ1v) is 8.40. The molecule has 4 nitrogen and oxygen atoms in total. The number of hydrogen-bond donors (Lipinski definition) is 2. The van der Waals surface area contributed by atoms with Crippen LogP contribution in [0, 0.1) is 0 Å². The lowest BCUT2D eigenvalue weighted by Gasteiger charge is -2.38. The monoisotopic (exact) mass is 284 g/mol. The van der Waals surface area contributed by atoms with Crippen molar-refractivity contribution in [2.75, 3.05) is 32.8 Å². The van der Waals surface area contributed by atoms with E-state index in [0.717, 1.165) is 45.5 Å². The average molecular weight is 284 g/mol. The summed E-state index contributed by atoms with van der Waals surface area (Å²) in [6, 6.07) is 0.660. The Morgan fingerprint density at radius 2 is 2.25 bits per heavy atom. The van der Waals surface area contributed by atoms with Gasteiger partial charge in [-0.05, 0) is 58.5 Å². The third-order valence-corrected chi connectivity index (χ3v) is 4.92. The normalized spacial score (nSPS) is 30.1. The molecule has 0 aromatic rings. The number of nitrogens with one attached hydrogen (secondary N) is 1. The van der Waals surface area contributed by atoms with E-state index in [2.05, 4.69) is 24.1 Å². The Labute approximate surface area is 123 Å². The van der Waals surface area contributed by atoms with Gasteiger partial charge in [0.2, 0.25) is 0 Å². The van der Waals surface area contributed by atoms with E-state index in [1.807, 2.05) is 0 Å². The molecular weight excluding hydrogens is 252 g/mol. The molecule has 0 aromatic carbocycles.